The number of amides is 4. The Hall–Kier alpha value is -3.42. The van der Waals surface area contributed by atoms with E-state index in [1.54, 1.807) is 0 Å². The zero-order valence-electron chi connectivity index (χ0n) is 12.6. The molecule has 0 radical (unpaired) electrons. The van der Waals surface area contributed by atoms with Gasteiger partial charge in [0.05, 0.1) is 11.4 Å². The van der Waals surface area contributed by atoms with Gasteiger partial charge in [-0.3, -0.25) is 19.9 Å². The van der Waals surface area contributed by atoms with E-state index < -0.39 is 35.4 Å². The molecule has 1 atom stereocenters. The van der Waals surface area contributed by atoms with Crippen LogP contribution >= 0.6 is 0 Å². The van der Waals surface area contributed by atoms with Gasteiger partial charge >= 0.3 is 6.03 Å². The van der Waals surface area contributed by atoms with Gasteiger partial charge in [-0.15, -0.1) is 0 Å². The first-order valence-corrected chi connectivity index (χ1v) is 7.20. The van der Waals surface area contributed by atoms with Crippen LogP contribution in [0, 0.1) is 17.6 Å². The molecule has 0 saturated carbocycles. The fraction of sp³-hybridized carbons (Fsp3) is 0.0588. The summed E-state index contributed by atoms with van der Waals surface area (Å²) >= 11 is 0. The average molecular weight is 343 g/mol. The molecule has 6 nitrogen and oxygen atoms in total. The fourth-order valence-corrected chi connectivity index (χ4v) is 2.27. The predicted molar refractivity (Wildman–Crippen MR) is 85.5 cm³/mol. The van der Waals surface area contributed by atoms with E-state index in [4.69, 9.17) is 0 Å². The number of nitrogens with one attached hydrogen (secondary N) is 1. The van der Waals surface area contributed by atoms with Gasteiger partial charge in [-0.1, -0.05) is 12.1 Å². The van der Waals surface area contributed by atoms with Gasteiger partial charge in [0.1, 0.15) is 11.6 Å². The van der Waals surface area contributed by atoms with Crippen molar-refractivity contribution in [2.24, 2.45) is 10.9 Å². The molecule has 1 N–H and O–H groups in total. The van der Waals surface area contributed by atoms with Crippen molar-refractivity contribution in [3.8, 4) is 0 Å². The molecule has 0 spiro atoms. The molecular formula is C17H11F2N3O3. The molecule has 1 aliphatic heterocycles. The summed E-state index contributed by atoms with van der Waals surface area (Å²) in [6.07, 6.45) is 1.03. The summed E-state index contributed by atoms with van der Waals surface area (Å²) in [6, 6.07) is 9.22. The van der Waals surface area contributed by atoms with E-state index in [0.717, 1.165) is 12.3 Å². The first-order valence-electron chi connectivity index (χ1n) is 7.20. The van der Waals surface area contributed by atoms with Gasteiger partial charge in [-0.05, 0) is 36.4 Å². The molecule has 3 rings (SSSR count). The summed E-state index contributed by atoms with van der Waals surface area (Å²) in [5.41, 5.74) is 0.0500. The van der Waals surface area contributed by atoms with Crippen LogP contribution in [-0.2, 0) is 9.59 Å². The van der Waals surface area contributed by atoms with Crippen molar-refractivity contribution < 1.29 is 23.2 Å². The number of hydrogen-bond donors (Lipinski definition) is 1. The van der Waals surface area contributed by atoms with Crippen LogP contribution < -0.4 is 10.2 Å². The molecule has 1 heterocycles. The maximum Gasteiger partial charge on any atom is 0.335 e. The van der Waals surface area contributed by atoms with Crippen molar-refractivity contribution in [1.82, 2.24) is 5.32 Å². The fourth-order valence-electron chi connectivity index (χ4n) is 2.27. The van der Waals surface area contributed by atoms with E-state index in [0.29, 0.717) is 10.6 Å². The number of hydrogen-bond acceptors (Lipinski definition) is 4. The van der Waals surface area contributed by atoms with Gasteiger partial charge in [0, 0.05) is 6.21 Å². The van der Waals surface area contributed by atoms with Crippen LogP contribution in [0.5, 0.6) is 0 Å². The maximum atomic E-state index is 13.9. The third-order valence-corrected chi connectivity index (χ3v) is 3.49. The Morgan fingerprint density at radius 3 is 2.36 bits per heavy atom. The number of barbiturate groups is 1. The van der Waals surface area contributed by atoms with E-state index in [-0.39, 0.29) is 5.69 Å². The van der Waals surface area contributed by atoms with E-state index in [1.807, 2.05) is 5.32 Å². The Bertz CT molecular complexity index is 881. The number of carbonyl (C=O) groups is 3. The second-order valence-electron chi connectivity index (χ2n) is 5.15. The molecule has 1 aliphatic rings. The largest absolute Gasteiger partial charge is 0.335 e. The van der Waals surface area contributed by atoms with Crippen LogP contribution in [0.15, 0.2) is 53.5 Å². The van der Waals surface area contributed by atoms with Crippen LogP contribution in [-0.4, -0.2) is 24.1 Å². The number of carbonyl (C=O) groups excluding carboxylic acids is 3. The Morgan fingerprint density at radius 1 is 1.00 bits per heavy atom. The minimum absolute atomic E-state index is 0.266. The van der Waals surface area contributed by atoms with Gasteiger partial charge in [0.15, 0.2) is 5.92 Å². The highest BCUT2D eigenvalue weighted by molar-refractivity contribution is 6.32. The molecule has 8 heteroatoms. The highest BCUT2D eigenvalue weighted by Gasteiger charge is 2.41. The van der Waals surface area contributed by atoms with Gasteiger partial charge in [0.25, 0.3) is 5.91 Å². The van der Waals surface area contributed by atoms with E-state index in [9.17, 15) is 23.2 Å². The first kappa shape index (κ1) is 16.4. The van der Waals surface area contributed by atoms with Crippen molar-refractivity contribution in [3.63, 3.8) is 0 Å². The molecule has 25 heavy (non-hydrogen) atoms. The molecule has 126 valence electrons. The number of aliphatic imine (C=N–C) groups is 1. The second-order valence-corrected chi connectivity index (χ2v) is 5.15. The Morgan fingerprint density at radius 2 is 1.68 bits per heavy atom. The third kappa shape index (κ3) is 3.27. The van der Waals surface area contributed by atoms with Crippen LogP contribution in [0.1, 0.15) is 0 Å². The molecular weight excluding hydrogens is 332 g/mol. The second kappa shape index (κ2) is 6.60. The van der Waals surface area contributed by atoms with E-state index in [1.165, 1.54) is 42.5 Å². The summed E-state index contributed by atoms with van der Waals surface area (Å²) in [5.74, 6) is -4.45. The summed E-state index contributed by atoms with van der Waals surface area (Å²) in [4.78, 5) is 40.9. The van der Waals surface area contributed by atoms with Crippen molar-refractivity contribution in [2.75, 3.05) is 4.90 Å². The SMILES string of the molecule is O=C1NC(=O)N(c2ccccc2F)C(=O)[C@@H]1C=Nc1ccc(F)cc1. The number of para-hydroxylation sites is 1. The van der Waals surface area contributed by atoms with Crippen LogP contribution in [0.2, 0.25) is 0 Å². The van der Waals surface area contributed by atoms with Gasteiger partial charge in [-0.25, -0.2) is 18.5 Å². The normalized spacial score (nSPS) is 17.9. The topological polar surface area (TPSA) is 78.8 Å². The number of benzene rings is 2. The summed E-state index contributed by atoms with van der Waals surface area (Å²) < 4.78 is 26.8. The molecule has 0 aliphatic carbocycles. The molecule has 0 aromatic heterocycles. The molecule has 0 unspecified atom stereocenters. The number of imide groups is 2. The average Bonchev–Trinajstić information content (AvgIpc) is 2.57. The maximum absolute atomic E-state index is 13.9. The molecule has 2 aromatic carbocycles. The third-order valence-electron chi connectivity index (χ3n) is 3.49. The molecule has 0 bridgehead atoms. The quantitative estimate of drug-likeness (QED) is 0.687. The number of urea groups is 1. The highest BCUT2D eigenvalue weighted by Crippen LogP contribution is 2.23. The number of halogens is 2. The lowest BCUT2D eigenvalue weighted by Crippen LogP contribution is -2.58. The Labute approximate surface area is 140 Å². The lowest BCUT2D eigenvalue weighted by molar-refractivity contribution is -0.131. The zero-order valence-corrected chi connectivity index (χ0v) is 12.6. The van der Waals surface area contributed by atoms with Crippen molar-refractivity contribution in [2.45, 2.75) is 0 Å². The molecule has 4 amide bonds. The number of rotatable bonds is 3. The van der Waals surface area contributed by atoms with Crippen molar-refractivity contribution in [1.29, 1.82) is 0 Å². The van der Waals surface area contributed by atoms with Crippen molar-refractivity contribution in [3.05, 3.63) is 60.2 Å². The summed E-state index contributed by atoms with van der Waals surface area (Å²) in [7, 11) is 0. The van der Waals surface area contributed by atoms with E-state index >= 15 is 0 Å². The lowest BCUT2D eigenvalue weighted by atomic mass is 10.1. The minimum Gasteiger partial charge on any atom is -0.276 e. The van der Waals surface area contributed by atoms with Gasteiger partial charge in [0.2, 0.25) is 5.91 Å². The number of anilines is 1. The Balaban J connectivity index is 1.90. The zero-order chi connectivity index (χ0) is 18.0. The van der Waals surface area contributed by atoms with Gasteiger partial charge in [-0.2, -0.15) is 0 Å². The monoisotopic (exact) mass is 343 g/mol. The number of nitrogens with zero attached hydrogens (tertiary/aromatic N) is 2. The van der Waals surface area contributed by atoms with E-state index in [2.05, 4.69) is 4.99 Å². The summed E-state index contributed by atoms with van der Waals surface area (Å²) in [5, 5.41) is 1.99. The predicted octanol–water partition coefficient (Wildman–Crippen LogP) is 2.57. The lowest BCUT2D eigenvalue weighted by Gasteiger charge is -2.28. The molecule has 1 fully saturated rings. The highest BCUT2D eigenvalue weighted by atomic mass is 19.1. The van der Waals surface area contributed by atoms with Crippen LogP contribution in [0.25, 0.3) is 0 Å². The van der Waals surface area contributed by atoms with Crippen LogP contribution in [0.4, 0.5) is 25.0 Å². The van der Waals surface area contributed by atoms with Crippen LogP contribution in [0.3, 0.4) is 0 Å². The van der Waals surface area contributed by atoms with Gasteiger partial charge < -0.3 is 0 Å². The standard InChI is InChI=1S/C17H11F2N3O3/c18-10-5-7-11(8-6-10)20-9-12-15(23)21-17(25)22(16(12)24)14-4-2-1-3-13(14)19/h1-9,12H,(H,21,23,25)/t12-/m1/s1. The molecule has 1 saturated heterocycles. The minimum atomic E-state index is -1.41. The molecule has 2 aromatic rings. The smallest absolute Gasteiger partial charge is 0.276 e. The Kier molecular flexibility index (Phi) is 4.34. The summed E-state index contributed by atoms with van der Waals surface area (Å²) in [6.45, 7) is 0. The first-order chi connectivity index (χ1) is 12.0. The van der Waals surface area contributed by atoms with Crippen molar-refractivity contribution >= 4 is 35.4 Å².